The number of sulfonamides is 1. The van der Waals surface area contributed by atoms with E-state index >= 15 is 0 Å². The molecule has 0 aliphatic carbocycles. The van der Waals surface area contributed by atoms with E-state index in [0.717, 1.165) is 5.76 Å². The van der Waals surface area contributed by atoms with Crippen LogP contribution < -0.4 is 4.72 Å². The molecule has 0 amide bonds. The van der Waals surface area contributed by atoms with Crippen LogP contribution in [0.15, 0.2) is 40.1 Å². The zero-order chi connectivity index (χ0) is 13.0. The van der Waals surface area contributed by atoms with Crippen molar-refractivity contribution in [3.05, 3.63) is 36.4 Å². The smallest absolute Gasteiger partial charge is 0.257 e. The summed E-state index contributed by atoms with van der Waals surface area (Å²) in [5.41, 5.74) is 0. The zero-order valence-corrected chi connectivity index (χ0v) is 10.8. The van der Waals surface area contributed by atoms with Crippen LogP contribution in [-0.4, -0.2) is 24.7 Å². The van der Waals surface area contributed by atoms with Gasteiger partial charge in [-0.15, -0.1) is 0 Å². The maximum absolute atomic E-state index is 11.9. The Labute approximate surface area is 105 Å². The first-order valence-electron chi connectivity index (χ1n) is 5.62. The van der Waals surface area contributed by atoms with E-state index in [2.05, 4.69) is 14.9 Å². The number of nitrogens with one attached hydrogen (secondary N) is 2. The van der Waals surface area contributed by atoms with Gasteiger partial charge in [-0.05, 0) is 31.5 Å². The Morgan fingerprint density at radius 2 is 2.33 bits per heavy atom. The van der Waals surface area contributed by atoms with Crippen molar-refractivity contribution < 1.29 is 12.8 Å². The number of hydrogen-bond acceptors (Lipinski definition) is 4. The summed E-state index contributed by atoms with van der Waals surface area (Å²) in [5.74, 6) is 0.850. The summed E-state index contributed by atoms with van der Waals surface area (Å²) in [6, 6.07) is 4.93. The first kappa shape index (κ1) is 12.8. The Balaban J connectivity index is 1.89. The predicted molar refractivity (Wildman–Crippen MR) is 65.4 cm³/mol. The highest BCUT2D eigenvalue weighted by Gasteiger charge is 2.18. The van der Waals surface area contributed by atoms with Gasteiger partial charge in [-0.1, -0.05) is 0 Å². The zero-order valence-electron chi connectivity index (χ0n) is 9.96. The highest BCUT2D eigenvalue weighted by atomic mass is 32.2. The maximum atomic E-state index is 11.9. The molecule has 0 fully saturated rings. The van der Waals surface area contributed by atoms with Crippen molar-refractivity contribution in [2.75, 3.05) is 0 Å². The maximum Gasteiger partial charge on any atom is 0.257 e. The molecule has 2 rings (SSSR count). The fourth-order valence-corrected chi connectivity index (χ4v) is 2.78. The summed E-state index contributed by atoms with van der Waals surface area (Å²) in [4.78, 5) is 0. The number of H-pyrrole nitrogens is 1. The molecule has 0 bridgehead atoms. The minimum Gasteiger partial charge on any atom is -0.469 e. The Bertz CT molecular complexity index is 561. The summed E-state index contributed by atoms with van der Waals surface area (Å²) >= 11 is 0. The van der Waals surface area contributed by atoms with Gasteiger partial charge in [0.25, 0.3) is 10.0 Å². The second-order valence-corrected chi connectivity index (χ2v) is 5.74. The molecule has 2 N–H and O–H groups in total. The highest BCUT2D eigenvalue weighted by Crippen LogP contribution is 2.09. The third-order valence-electron chi connectivity index (χ3n) is 2.52. The van der Waals surface area contributed by atoms with Crippen LogP contribution in [0.3, 0.4) is 0 Å². The second-order valence-electron chi connectivity index (χ2n) is 4.06. The van der Waals surface area contributed by atoms with Gasteiger partial charge in [0.1, 0.15) is 5.76 Å². The number of rotatable bonds is 6. The number of aryl methyl sites for hydroxylation is 1. The quantitative estimate of drug-likeness (QED) is 0.827. The molecule has 0 saturated heterocycles. The number of aromatic nitrogens is 2. The average molecular weight is 269 g/mol. The van der Waals surface area contributed by atoms with Crippen molar-refractivity contribution in [2.24, 2.45) is 0 Å². The van der Waals surface area contributed by atoms with E-state index in [0.29, 0.717) is 12.8 Å². The Hall–Kier alpha value is -1.60. The summed E-state index contributed by atoms with van der Waals surface area (Å²) in [6.45, 7) is 1.82. The molecule has 2 aromatic heterocycles. The lowest BCUT2D eigenvalue weighted by Gasteiger charge is -2.12. The Morgan fingerprint density at radius 1 is 1.50 bits per heavy atom. The van der Waals surface area contributed by atoms with Crippen LogP contribution >= 0.6 is 0 Å². The van der Waals surface area contributed by atoms with Crippen LogP contribution in [-0.2, 0) is 16.4 Å². The first-order valence-corrected chi connectivity index (χ1v) is 7.10. The molecule has 0 radical (unpaired) electrons. The SMILES string of the molecule is CC(CCc1ccco1)NS(=O)(=O)c1ccn[nH]1. The van der Waals surface area contributed by atoms with Crippen molar-refractivity contribution in [2.45, 2.75) is 30.8 Å². The molecule has 7 heteroatoms. The van der Waals surface area contributed by atoms with E-state index in [1.165, 1.54) is 12.3 Å². The van der Waals surface area contributed by atoms with E-state index in [1.54, 1.807) is 6.26 Å². The van der Waals surface area contributed by atoms with Gasteiger partial charge < -0.3 is 4.42 Å². The number of nitrogens with zero attached hydrogens (tertiary/aromatic N) is 1. The topological polar surface area (TPSA) is 88.0 Å². The molecule has 6 nitrogen and oxygen atoms in total. The molecule has 0 aliphatic rings. The number of aromatic amines is 1. The van der Waals surface area contributed by atoms with E-state index < -0.39 is 10.0 Å². The Morgan fingerprint density at radius 3 is 2.94 bits per heavy atom. The lowest BCUT2D eigenvalue weighted by molar-refractivity contribution is 0.479. The third-order valence-corrected chi connectivity index (χ3v) is 4.04. The minimum atomic E-state index is -3.51. The van der Waals surface area contributed by atoms with Crippen LogP contribution in [0.1, 0.15) is 19.1 Å². The molecule has 2 heterocycles. The van der Waals surface area contributed by atoms with Gasteiger partial charge in [0.15, 0.2) is 5.03 Å². The normalized spacial score (nSPS) is 13.6. The molecule has 0 spiro atoms. The van der Waals surface area contributed by atoms with E-state index in [1.807, 2.05) is 19.1 Å². The van der Waals surface area contributed by atoms with Gasteiger partial charge in [-0.25, -0.2) is 13.1 Å². The van der Waals surface area contributed by atoms with Gasteiger partial charge in [0.2, 0.25) is 0 Å². The van der Waals surface area contributed by atoms with Crippen molar-refractivity contribution >= 4 is 10.0 Å². The molecule has 0 saturated carbocycles. The minimum absolute atomic E-state index is 0.0762. The first-order chi connectivity index (χ1) is 8.58. The molecular weight excluding hydrogens is 254 g/mol. The van der Waals surface area contributed by atoms with Crippen molar-refractivity contribution in [3.63, 3.8) is 0 Å². The third kappa shape index (κ3) is 3.21. The van der Waals surface area contributed by atoms with E-state index in [-0.39, 0.29) is 11.1 Å². The Kier molecular flexibility index (Phi) is 3.83. The molecule has 18 heavy (non-hydrogen) atoms. The fraction of sp³-hybridized carbons (Fsp3) is 0.364. The molecule has 98 valence electrons. The van der Waals surface area contributed by atoms with Crippen LogP contribution in [0.5, 0.6) is 0 Å². The van der Waals surface area contributed by atoms with Gasteiger partial charge in [0.05, 0.1) is 12.5 Å². The fourth-order valence-electron chi connectivity index (χ4n) is 1.59. The number of hydrogen-bond donors (Lipinski definition) is 2. The summed E-state index contributed by atoms with van der Waals surface area (Å²) < 4.78 is 31.5. The summed E-state index contributed by atoms with van der Waals surface area (Å²) in [5, 5.41) is 6.13. The van der Waals surface area contributed by atoms with Crippen LogP contribution in [0, 0.1) is 0 Å². The monoisotopic (exact) mass is 269 g/mol. The van der Waals surface area contributed by atoms with Crippen LogP contribution in [0.2, 0.25) is 0 Å². The summed E-state index contributed by atoms with van der Waals surface area (Å²) in [7, 11) is -3.51. The second kappa shape index (κ2) is 5.36. The molecule has 1 unspecified atom stereocenters. The van der Waals surface area contributed by atoms with Crippen LogP contribution in [0.25, 0.3) is 0 Å². The standard InChI is InChI=1S/C11H15N3O3S/c1-9(4-5-10-3-2-8-17-10)14-18(15,16)11-6-7-12-13-11/h2-3,6-9,14H,4-5H2,1H3,(H,12,13). The van der Waals surface area contributed by atoms with Crippen molar-refractivity contribution in [3.8, 4) is 0 Å². The van der Waals surface area contributed by atoms with E-state index in [4.69, 9.17) is 4.42 Å². The van der Waals surface area contributed by atoms with Gasteiger partial charge >= 0.3 is 0 Å². The molecule has 2 aromatic rings. The predicted octanol–water partition coefficient (Wildman–Crippen LogP) is 1.30. The molecule has 0 aliphatic heterocycles. The lowest BCUT2D eigenvalue weighted by Crippen LogP contribution is -2.33. The number of furan rings is 1. The molecule has 1 atom stereocenters. The van der Waals surface area contributed by atoms with Gasteiger partial charge in [0, 0.05) is 12.5 Å². The van der Waals surface area contributed by atoms with Crippen molar-refractivity contribution in [1.29, 1.82) is 0 Å². The van der Waals surface area contributed by atoms with Gasteiger partial charge in [-0.2, -0.15) is 5.10 Å². The van der Waals surface area contributed by atoms with Crippen molar-refractivity contribution in [1.82, 2.24) is 14.9 Å². The van der Waals surface area contributed by atoms with E-state index in [9.17, 15) is 8.42 Å². The average Bonchev–Trinajstić information content (AvgIpc) is 2.99. The largest absolute Gasteiger partial charge is 0.469 e. The summed E-state index contributed by atoms with van der Waals surface area (Å²) in [6.07, 6.45) is 4.37. The highest BCUT2D eigenvalue weighted by molar-refractivity contribution is 7.89. The lowest BCUT2D eigenvalue weighted by atomic mass is 10.2. The molecule has 0 aromatic carbocycles. The van der Waals surface area contributed by atoms with Crippen LogP contribution in [0.4, 0.5) is 0 Å². The molecular formula is C11H15N3O3S. The van der Waals surface area contributed by atoms with Gasteiger partial charge in [-0.3, -0.25) is 5.10 Å².